The number of fused-ring (bicyclic) bond motifs is 9. The molecule has 0 saturated carbocycles. The molecule has 0 spiro atoms. The number of hydrogen-bond donors (Lipinski definition) is 0. The van der Waals surface area contributed by atoms with Gasteiger partial charge in [0.2, 0.25) is 0 Å². The number of hydrogen-bond acceptors (Lipinski definition) is 6. The number of ether oxygens (including phenoxy) is 1. The summed E-state index contributed by atoms with van der Waals surface area (Å²) in [5.41, 5.74) is 19.9. The van der Waals surface area contributed by atoms with Crippen molar-refractivity contribution in [3.05, 3.63) is 186 Å². The first kappa shape index (κ1) is 41.8. The molecule has 2 atom stereocenters. The second-order valence-electron chi connectivity index (χ2n) is 22.5. The van der Waals surface area contributed by atoms with Gasteiger partial charge in [0.15, 0.2) is 0 Å². The van der Waals surface area contributed by atoms with Crippen LogP contribution in [0.4, 0.5) is 28.4 Å². The lowest BCUT2D eigenvalue weighted by Gasteiger charge is -2.43. The largest absolute Gasteiger partial charge is 0.497 e. The molecule has 7 heteroatoms. The van der Waals surface area contributed by atoms with Crippen LogP contribution in [0.15, 0.2) is 188 Å². The van der Waals surface area contributed by atoms with Gasteiger partial charge in [-0.05, 0) is 116 Å². The lowest BCUT2D eigenvalue weighted by Crippen LogP contribution is -2.55. The summed E-state index contributed by atoms with van der Waals surface area (Å²) in [7, 11) is 0. The zero-order valence-corrected chi connectivity index (χ0v) is 40.8. The third kappa shape index (κ3) is 6.39. The lowest BCUT2D eigenvalue weighted by molar-refractivity contribution is 0.179. The van der Waals surface area contributed by atoms with Crippen LogP contribution >= 0.6 is 0 Å². The summed E-state index contributed by atoms with van der Waals surface area (Å²) < 4.78 is 27.1. The first-order chi connectivity index (χ1) is 33.1. The van der Waals surface area contributed by atoms with Crippen LogP contribution < -0.4 is 20.9 Å². The molecule has 69 heavy (non-hydrogen) atoms. The molecular formula is C62H55BN2O4. The highest BCUT2D eigenvalue weighted by molar-refractivity contribution is 6.94. The van der Waals surface area contributed by atoms with Crippen LogP contribution in [0.1, 0.15) is 73.4 Å². The van der Waals surface area contributed by atoms with Crippen molar-refractivity contribution in [2.75, 3.05) is 9.80 Å². The Morgan fingerprint density at radius 2 is 1.13 bits per heavy atom. The van der Waals surface area contributed by atoms with Crippen LogP contribution in [0.25, 0.3) is 55.2 Å². The minimum Gasteiger partial charge on any atom is -0.497 e. The monoisotopic (exact) mass is 902 g/mol. The van der Waals surface area contributed by atoms with Gasteiger partial charge in [0.05, 0.1) is 35.5 Å². The summed E-state index contributed by atoms with van der Waals surface area (Å²) >= 11 is 0. The number of rotatable bonds is 4. The molecule has 0 N–H and O–H groups in total. The molecule has 13 rings (SSSR count). The standard InChI is InChI=1S/C62H55BN2O4/c1-60(2,3)38-24-26-53-45(30-38)56-58(68-53)63-55-49(64(56)41-18-14-16-36(28-41)47-34-66-51-22-12-10-20-43(47)51)32-40(62(7,8)9)33-50(55)65(57-46-31-39(61(4,5)6)25-27-54(46)69-59(57)63)42-19-15-17-37(29-42)48-35-67-52-23-13-11-21-44(48)52/h10-35,45,53H,1-9H3. The first-order valence-electron chi connectivity index (χ1n) is 24.4. The summed E-state index contributed by atoms with van der Waals surface area (Å²) in [4.78, 5) is 5.02. The Bertz CT molecular complexity index is 3700. The maximum absolute atomic E-state index is 7.47. The Morgan fingerprint density at radius 1 is 0.536 bits per heavy atom. The van der Waals surface area contributed by atoms with Crippen LogP contribution in [-0.2, 0) is 15.6 Å². The highest BCUT2D eigenvalue weighted by atomic mass is 16.5. The second-order valence-corrected chi connectivity index (χ2v) is 22.5. The first-order valence-corrected chi connectivity index (χ1v) is 24.4. The zero-order valence-electron chi connectivity index (χ0n) is 40.8. The summed E-state index contributed by atoms with van der Waals surface area (Å²) in [5.74, 6) is -0.0488. The molecule has 0 radical (unpaired) electrons. The van der Waals surface area contributed by atoms with Gasteiger partial charge in [0.1, 0.15) is 28.5 Å². The van der Waals surface area contributed by atoms with E-state index in [9.17, 15) is 0 Å². The molecule has 0 amide bonds. The van der Waals surface area contributed by atoms with E-state index in [0.717, 1.165) is 106 Å². The topological polar surface area (TPSA) is 55.1 Å². The molecule has 0 fully saturated rings. The van der Waals surface area contributed by atoms with Gasteiger partial charge in [-0.1, -0.05) is 141 Å². The summed E-state index contributed by atoms with van der Waals surface area (Å²) in [6, 6.07) is 46.1. The quantitative estimate of drug-likeness (QED) is 0.164. The molecule has 0 bridgehead atoms. The smallest absolute Gasteiger partial charge is 0.340 e. The normalized spacial score (nSPS) is 17.6. The summed E-state index contributed by atoms with van der Waals surface area (Å²) in [6.45, 7) is 20.4. The van der Waals surface area contributed by atoms with Crippen molar-refractivity contribution in [2.45, 2.75) is 79.2 Å². The van der Waals surface area contributed by atoms with Crippen molar-refractivity contribution in [2.24, 2.45) is 11.3 Å². The molecule has 6 aromatic carbocycles. The van der Waals surface area contributed by atoms with Crippen molar-refractivity contribution in [1.82, 2.24) is 0 Å². The van der Waals surface area contributed by atoms with Crippen molar-refractivity contribution in [1.29, 1.82) is 0 Å². The average Bonchev–Trinajstić information content (AvgIpc) is 4.13. The van der Waals surface area contributed by atoms with E-state index < -0.39 is 0 Å². The molecular weight excluding hydrogens is 848 g/mol. The number of allylic oxidation sites excluding steroid dienone is 2. The van der Waals surface area contributed by atoms with Gasteiger partial charge in [-0.15, -0.1) is 0 Å². The molecule has 2 unspecified atom stereocenters. The number of nitrogens with zero attached hydrogens (tertiary/aromatic N) is 2. The number of para-hydroxylation sites is 2. The lowest BCUT2D eigenvalue weighted by atomic mass is 9.37. The number of anilines is 5. The van der Waals surface area contributed by atoms with Gasteiger partial charge in [-0.25, -0.2) is 0 Å². The predicted octanol–water partition coefficient (Wildman–Crippen LogP) is 15.7. The second kappa shape index (κ2) is 14.6. The Kier molecular flexibility index (Phi) is 8.82. The van der Waals surface area contributed by atoms with E-state index in [4.69, 9.17) is 18.0 Å². The molecule has 1 aliphatic carbocycles. The third-order valence-electron chi connectivity index (χ3n) is 15.0. The fourth-order valence-corrected chi connectivity index (χ4v) is 11.3. The SMILES string of the molecule is CC(C)(C)C1=CC2C3=C(OC2C=C1)B1c2oc4ccc(C(C)(C)C)cc4c2N(c2cccc(-c4coc5ccccc45)c2)c2cc(C(C)(C)C)cc(c21)N3c1cccc(-c2coc3ccccc23)c1. The fraction of sp³-hybridized carbons (Fsp3) is 0.226. The molecule has 6 nitrogen and oxygen atoms in total. The van der Waals surface area contributed by atoms with Crippen LogP contribution in [0.3, 0.4) is 0 Å². The van der Waals surface area contributed by atoms with Crippen LogP contribution in [0.2, 0.25) is 0 Å². The fourth-order valence-electron chi connectivity index (χ4n) is 11.3. The Hall–Kier alpha value is -7.38. The highest BCUT2D eigenvalue weighted by Crippen LogP contribution is 2.54. The van der Waals surface area contributed by atoms with Gasteiger partial charge in [0.25, 0.3) is 0 Å². The van der Waals surface area contributed by atoms with Crippen molar-refractivity contribution in [3.63, 3.8) is 0 Å². The van der Waals surface area contributed by atoms with Gasteiger partial charge < -0.3 is 27.8 Å². The van der Waals surface area contributed by atoms with Gasteiger partial charge in [-0.2, -0.15) is 0 Å². The van der Waals surface area contributed by atoms with E-state index in [-0.39, 0.29) is 35.0 Å². The van der Waals surface area contributed by atoms with E-state index in [1.165, 1.54) is 16.7 Å². The Labute approximate surface area is 404 Å². The van der Waals surface area contributed by atoms with Crippen LogP contribution in [0.5, 0.6) is 0 Å². The third-order valence-corrected chi connectivity index (χ3v) is 15.0. The van der Waals surface area contributed by atoms with E-state index >= 15 is 0 Å². The minimum atomic E-state index is -0.320. The van der Waals surface area contributed by atoms with E-state index in [2.05, 4.69) is 193 Å². The van der Waals surface area contributed by atoms with Crippen molar-refractivity contribution >= 4 is 79.2 Å². The average molecular weight is 903 g/mol. The van der Waals surface area contributed by atoms with Gasteiger partial charge in [0, 0.05) is 50.0 Å². The molecule has 3 aliphatic heterocycles. The zero-order chi connectivity index (χ0) is 47.3. The molecule has 340 valence electrons. The maximum Gasteiger partial charge on any atom is 0.340 e. The van der Waals surface area contributed by atoms with Crippen LogP contribution in [-0.4, -0.2) is 12.8 Å². The Morgan fingerprint density at radius 3 is 1.74 bits per heavy atom. The maximum atomic E-state index is 7.47. The number of benzene rings is 6. The number of furan rings is 3. The van der Waals surface area contributed by atoms with Crippen molar-refractivity contribution < 1.29 is 18.0 Å². The highest BCUT2D eigenvalue weighted by Gasteiger charge is 2.55. The minimum absolute atomic E-state index is 0.0488. The molecule has 3 aromatic heterocycles. The van der Waals surface area contributed by atoms with Crippen molar-refractivity contribution in [3.8, 4) is 22.3 Å². The predicted molar refractivity (Wildman–Crippen MR) is 284 cm³/mol. The molecule has 0 saturated heterocycles. The summed E-state index contributed by atoms with van der Waals surface area (Å²) in [6.07, 6.45) is 10.6. The van der Waals surface area contributed by atoms with Gasteiger partial charge >= 0.3 is 6.71 Å². The molecule has 9 aromatic rings. The molecule has 6 heterocycles. The van der Waals surface area contributed by atoms with Gasteiger partial charge in [-0.3, -0.25) is 0 Å². The van der Waals surface area contributed by atoms with E-state index in [1.54, 1.807) is 0 Å². The molecule has 4 aliphatic rings. The van der Waals surface area contributed by atoms with E-state index in [0.29, 0.717) is 0 Å². The van der Waals surface area contributed by atoms with Crippen LogP contribution in [0, 0.1) is 11.3 Å². The Balaban J connectivity index is 1.12. The summed E-state index contributed by atoms with van der Waals surface area (Å²) in [5, 5.41) is 3.26. The van der Waals surface area contributed by atoms with E-state index in [1.807, 2.05) is 36.8 Å².